The second-order valence-electron chi connectivity index (χ2n) is 14.6. The lowest BCUT2D eigenvalue weighted by Crippen LogP contribution is -2.80. The number of esters is 1. The Morgan fingerprint density at radius 3 is 2.47 bits per heavy atom. The molecular formula is C32H53N2O4+. The van der Waals surface area contributed by atoms with E-state index in [9.17, 15) is 9.90 Å². The van der Waals surface area contributed by atoms with Crippen molar-refractivity contribution in [2.24, 2.45) is 34.5 Å². The third-order valence-corrected chi connectivity index (χ3v) is 13.2. The van der Waals surface area contributed by atoms with Crippen molar-refractivity contribution in [2.45, 2.75) is 103 Å². The Bertz CT molecular complexity index is 913. The summed E-state index contributed by atoms with van der Waals surface area (Å²) in [4.78, 5) is 14.6. The summed E-state index contributed by atoms with van der Waals surface area (Å²) in [6.07, 6.45) is 13.6. The molecule has 6 fully saturated rings. The molecule has 2 saturated heterocycles. The van der Waals surface area contributed by atoms with Crippen LogP contribution in [0.3, 0.4) is 0 Å². The number of carbonyl (C=O) groups excluding carboxylic acids is 1. The summed E-state index contributed by atoms with van der Waals surface area (Å²) < 4.78 is 12.8. The number of ether oxygens (including phenoxy) is 2. The van der Waals surface area contributed by atoms with Gasteiger partial charge in [0.25, 0.3) is 0 Å². The van der Waals surface area contributed by atoms with Crippen LogP contribution in [0.1, 0.15) is 85.0 Å². The van der Waals surface area contributed by atoms with Gasteiger partial charge in [0.15, 0.2) is 5.66 Å². The van der Waals surface area contributed by atoms with Crippen molar-refractivity contribution in [1.82, 2.24) is 4.90 Å². The summed E-state index contributed by atoms with van der Waals surface area (Å²) in [5.41, 5.74) is 0.0890. The van der Waals surface area contributed by atoms with Crippen molar-refractivity contribution in [3.05, 3.63) is 12.7 Å². The largest absolute Gasteiger partial charge is 0.462 e. The molecule has 0 spiro atoms. The standard InChI is InChI=1S/C32H53N2O4/c1-5-16-34(17-6-7-18-34)32(33-14-19-37-20-15-33)22-31(4)24(21-28(32)36)8-9-25-26-10-11-29(38-23(2)35)30(26,3)13-12-27(25)31/h5,24-29,36H,1,6-22H2,2-4H3/q+1/t24?,25-,26-,27+,28?,29?,30-,31-,32?/m0/s1. The Labute approximate surface area is 230 Å². The van der Waals surface area contributed by atoms with Gasteiger partial charge < -0.3 is 19.1 Å². The Kier molecular flexibility index (Phi) is 7.06. The van der Waals surface area contributed by atoms with Crippen LogP contribution in [0.4, 0.5) is 0 Å². The van der Waals surface area contributed by atoms with Gasteiger partial charge in [-0.15, -0.1) is 0 Å². The van der Waals surface area contributed by atoms with Crippen LogP contribution < -0.4 is 0 Å². The molecule has 6 aliphatic rings. The van der Waals surface area contributed by atoms with E-state index in [1.165, 1.54) is 44.9 Å². The maximum Gasteiger partial charge on any atom is 0.302 e. The fraction of sp³-hybridized carbons (Fsp3) is 0.906. The molecule has 6 nitrogen and oxygen atoms in total. The van der Waals surface area contributed by atoms with Gasteiger partial charge in [0.1, 0.15) is 12.2 Å². The van der Waals surface area contributed by atoms with Crippen molar-refractivity contribution in [3.8, 4) is 0 Å². The van der Waals surface area contributed by atoms with E-state index < -0.39 is 0 Å². The zero-order valence-electron chi connectivity index (χ0n) is 24.3. The highest BCUT2D eigenvalue weighted by molar-refractivity contribution is 5.66. The van der Waals surface area contributed by atoms with Gasteiger partial charge in [-0.1, -0.05) is 20.4 Å². The first-order valence-corrected chi connectivity index (χ1v) is 15.9. The Balaban J connectivity index is 1.37. The maximum absolute atomic E-state index is 12.3. The molecule has 214 valence electrons. The molecule has 4 aliphatic carbocycles. The second-order valence-corrected chi connectivity index (χ2v) is 14.6. The van der Waals surface area contributed by atoms with E-state index >= 15 is 0 Å². The number of quaternary nitrogens is 1. The first-order valence-electron chi connectivity index (χ1n) is 15.9. The smallest absolute Gasteiger partial charge is 0.302 e. The molecule has 0 aromatic carbocycles. The van der Waals surface area contributed by atoms with E-state index in [1.54, 1.807) is 6.92 Å². The van der Waals surface area contributed by atoms with Gasteiger partial charge in [0.2, 0.25) is 0 Å². The van der Waals surface area contributed by atoms with E-state index in [0.29, 0.717) is 23.7 Å². The van der Waals surface area contributed by atoms with Crippen molar-refractivity contribution in [1.29, 1.82) is 0 Å². The van der Waals surface area contributed by atoms with Crippen molar-refractivity contribution in [2.75, 3.05) is 45.9 Å². The van der Waals surface area contributed by atoms with Gasteiger partial charge in [-0.3, -0.25) is 4.79 Å². The zero-order valence-corrected chi connectivity index (χ0v) is 24.3. The molecule has 9 atom stereocenters. The van der Waals surface area contributed by atoms with Gasteiger partial charge in [-0.05, 0) is 80.1 Å². The van der Waals surface area contributed by atoms with Gasteiger partial charge in [-0.2, -0.15) is 0 Å². The lowest BCUT2D eigenvalue weighted by Gasteiger charge is -2.68. The first kappa shape index (κ1) is 27.2. The summed E-state index contributed by atoms with van der Waals surface area (Å²) in [5, 5.41) is 12.3. The number of rotatable bonds is 5. The number of morpholine rings is 1. The number of hydrogen-bond acceptors (Lipinski definition) is 5. The van der Waals surface area contributed by atoms with E-state index in [1.807, 2.05) is 0 Å². The SMILES string of the molecule is C=CC[N+]1(C2(N3CCOCC3)C[C@@]3(C)C(CC[C@@H]4[C@H]3CC[C@]3(C)C(OC(C)=O)CC[C@@H]43)CC2O)CCCC1. The number of fused-ring (bicyclic) bond motifs is 5. The average molecular weight is 530 g/mol. The Morgan fingerprint density at radius 1 is 1.08 bits per heavy atom. The van der Waals surface area contributed by atoms with Crippen molar-refractivity contribution < 1.29 is 23.9 Å². The summed E-state index contributed by atoms with van der Waals surface area (Å²) in [7, 11) is 0. The van der Waals surface area contributed by atoms with Crippen LogP contribution in [0.15, 0.2) is 12.7 Å². The highest BCUT2D eigenvalue weighted by Crippen LogP contribution is 2.68. The minimum absolute atomic E-state index is 0.0862. The van der Waals surface area contributed by atoms with Gasteiger partial charge in [0.05, 0.1) is 32.8 Å². The van der Waals surface area contributed by atoms with Crippen molar-refractivity contribution in [3.63, 3.8) is 0 Å². The monoisotopic (exact) mass is 529 g/mol. The average Bonchev–Trinajstić information content (AvgIpc) is 3.50. The summed E-state index contributed by atoms with van der Waals surface area (Å²) in [6.45, 7) is 17.5. The second kappa shape index (κ2) is 9.85. The number of aliphatic hydroxyl groups excluding tert-OH is 1. The van der Waals surface area contributed by atoms with Gasteiger partial charge >= 0.3 is 5.97 Å². The van der Waals surface area contributed by atoms with Crippen molar-refractivity contribution >= 4 is 5.97 Å². The zero-order chi connectivity index (χ0) is 26.8. The number of carbonyl (C=O) groups is 1. The number of aliphatic hydroxyl groups is 1. The molecule has 0 aromatic rings. The first-order chi connectivity index (χ1) is 18.2. The van der Waals surface area contributed by atoms with Gasteiger partial charge in [0, 0.05) is 44.7 Å². The molecule has 0 aromatic heterocycles. The molecule has 6 heteroatoms. The third-order valence-electron chi connectivity index (χ3n) is 13.2. The fourth-order valence-electron chi connectivity index (χ4n) is 11.7. The molecule has 0 bridgehead atoms. The lowest BCUT2D eigenvalue weighted by molar-refractivity contribution is -0.981. The Morgan fingerprint density at radius 2 is 1.79 bits per heavy atom. The molecule has 4 saturated carbocycles. The molecule has 2 aliphatic heterocycles. The molecule has 38 heavy (non-hydrogen) atoms. The van der Waals surface area contributed by atoms with Crippen LogP contribution in [0, 0.1) is 34.5 Å². The fourth-order valence-corrected chi connectivity index (χ4v) is 11.7. The van der Waals surface area contributed by atoms with Crippen LogP contribution >= 0.6 is 0 Å². The van der Waals surface area contributed by atoms with Crippen LogP contribution in [0.5, 0.6) is 0 Å². The topological polar surface area (TPSA) is 59.0 Å². The summed E-state index contributed by atoms with van der Waals surface area (Å²) >= 11 is 0. The minimum Gasteiger partial charge on any atom is -0.462 e. The van der Waals surface area contributed by atoms with E-state index in [-0.39, 0.29) is 34.7 Å². The predicted octanol–water partition coefficient (Wildman–Crippen LogP) is 4.76. The molecule has 6 rings (SSSR count). The van der Waals surface area contributed by atoms with E-state index in [0.717, 1.165) is 69.7 Å². The van der Waals surface area contributed by atoms with Crippen LogP contribution in [-0.2, 0) is 14.3 Å². The number of hydrogen-bond donors (Lipinski definition) is 1. The maximum atomic E-state index is 12.3. The van der Waals surface area contributed by atoms with Crippen LogP contribution in [0.25, 0.3) is 0 Å². The van der Waals surface area contributed by atoms with Gasteiger partial charge in [-0.25, -0.2) is 4.90 Å². The highest BCUT2D eigenvalue weighted by atomic mass is 16.5. The highest BCUT2D eigenvalue weighted by Gasteiger charge is 2.70. The number of nitrogens with zero attached hydrogens (tertiary/aromatic N) is 2. The van der Waals surface area contributed by atoms with E-state index in [4.69, 9.17) is 9.47 Å². The molecule has 2 heterocycles. The molecule has 0 amide bonds. The van der Waals surface area contributed by atoms with E-state index in [2.05, 4.69) is 31.4 Å². The summed E-state index contributed by atoms with van der Waals surface area (Å²) in [5.74, 6) is 2.52. The number of likely N-dealkylation sites (tertiary alicyclic amines) is 1. The normalized spacial score (nSPS) is 48.5. The molecule has 1 N–H and O–H groups in total. The Hall–Kier alpha value is -0.950. The molecular weight excluding hydrogens is 476 g/mol. The minimum atomic E-state index is -0.304. The van der Waals surface area contributed by atoms with Crippen LogP contribution in [-0.4, -0.2) is 84.3 Å². The molecule has 4 unspecified atom stereocenters. The van der Waals surface area contributed by atoms with Crippen LogP contribution in [0.2, 0.25) is 0 Å². The third kappa shape index (κ3) is 3.83. The predicted molar refractivity (Wildman–Crippen MR) is 148 cm³/mol. The lowest BCUT2D eigenvalue weighted by atomic mass is 9.43. The quantitative estimate of drug-likeness (QED) is 0.316. The molecule has 0 radical (unpaired) electrons. The summed E-state index contributed by atoms with van der Waals surface area (Å²) in [6, 6.07) is 0.